The number of benzene rings is 2. The van der Waals surface area contributed by atoms with Crippen molar-refractivity contribution in [2.75, 3.05) is 5.32 Å². The molecule has 2 amide bonds. The number of halogens is 2. The average molecular weight is 479 g/mol. The van der Waals surface area contributed by atoms with Gasteiger partial charge >= 0.3 is 5.97 Å². The van der Waals surface area contributed by atoms with Gasteiger partial charge in [-0.2, -0.15) is 0 Å². The molecular weight excluding hydrogens is 455 g/mol. The molecule has 0 aliphatic heterocycles. The van der Waals surface area contributed by atoms with Gasteiger partial charge < -0.3 is 15.4 Å². The first-order valence-corrected chi connectivity index (χ1v) is 10.2. The first kappa shape index (κ1) is 23.5. The van der Waals surface area contributed by atoms with Crippen molar-refractivity contribution in [2.45, 2.75) is 39.8 Å². The SMILES string of the molecule is Cc1cccc(C(=O)N[C@H](C(=O)OC(C)C(=O)Nc2ccc(Br)cc2F)C(C)C)c1. The second-order valence-electron chi connectivity index (χ2n) is 7.26. The highest BCUT2D eigenvalue weighted by molar-refractivity contribution is 9.10. The number of rotatable bonds is 7. The number of esters is 1. The number of aryl methyl sites for hydroxylation is 1. The van der Waals surface area contributed by atoms with E-state index < -0.39 is 35.7 Å². The van der Waals surface area contributed by atoms with Crippen molar-refractivity contribution in [3.8, 4) is 0 Å². The van der Waals surface area contributed by atoms with Crippen LogP contribution in [-0.4, -0.2) is 29.9 Å². The normalized spacial score (nSPS) is 12.8. The monoisotopic (exact) mass is 478 g/mol. The van der Waals surface area contributed by atoms with Gasteiger partial charge in [-0.05, 0) is 50.1 Å². The van der Waals surface area contributed by atoms with Gasteiger partial charge in [0, 0.05) is 10.0 Å². The average Bonchev–Trinajstić information content (AvgIpc) is 2.67. The zero-order chi connectivity index (χ0) is 22.4. The van der Waals surface area contributed by atoms with Gasteiger partial charge in [-0.25, -0.2) is 9.18 Å². The Labute approximate surface area is 183 Å². The van der Waals surface area contributed by atoms with Crippen LogP contribution in [0.4, 0.5) is 10.1 Å². The van der Waals surface area contributed by atoms with E-state index in [1.165, 1.54) is 19.1 Å². The number of ether oxygens (including phenoxy) is 1. The van der Waals surface area contributed by atoms with Gasteiger partial charge in [-0.15, -0.1) is 0 Å². The summed E-state index contributed by atoms with van der Waals surface area (Å²) in [4.78, 5) is 37.4. The van der Waals surface area contributed by atoms with Crippen molar-refractivity contribution >= 4 is 39.4 Å². The van der Waals surface area contributed by atoms with E-state index in [9.17, 15) is 18.8 Å². The quantitative estimate of drug-likeness (QED) is 0.583. The summed E-state index contributed by atoms with van der Waals surface area (Å²) in [6.07, 6.45) is -1.18. The lowest BCUT2D eigenvalue weighted by Gasteiger charge is -2.23. The van der Waals surface area contributed by atoms with Crippen molar-refractivity contribution in [3.05, 3.63) is 63.9 Å². The number of amides is 2. The summed E-state index contributed by atoms with van der Waals surface area (Å²) in [5.74, 6) is -2.74. The van der Waals surface area contributed by atoms with E-state index in [-0.39, 0.29) is 11.6 Å². The predicted octanol–water partition coefficient (Wildman–Crippen LogP) is 4.22. The lowest BCUT2D eigenvalue weighted by atomic mass is 10.0. The molecule has 0 saturated heterocycles. The molecule has 0 fully saturated rings. The number of hydrogen-bond acceptors (Lipinski definition) is 4. The third-order valence-corrected chi connectivity index (χ3v) is 4.83. The van der Waals surface area contributed by atoms with Crippen LogP contribution < -0.4 is 10.6 Å². The van der Waals surface area contributed by atoms with Crippen molar-refractivity contribution in [1.82, 2.24) is 5.32 Å². The van der Waals surface area contributed by atoms with Crippen LogP contribution in [0.2, 0.25) is 0 Å². The van der Waals surface area contributed by atoms with Gasteiger partial charge in [0.1, 0.15) is 11.9 Å². The maximum absolute atomic E-state index is 13.9. The van der Waals surface area contributed by atoms with Crippen LogP contribution >= 0.6 is 15.9 Å². The molecular formula is C22H24BrFN2O4. The molecule has 0 bridgehead atoms. The summed E-state index contributed by atoms with van der Waals surface area (Å²) in [7, 11) is 0. The first-order chi connectivity index (χ1) is 14.1. The first-order valence-electron chi connectivity index (χ1n) is 9.42. The van der Waals surface area contributed by atoms with Gasteiger partial charge in [-0.1, -0.05) is 47.5 Å². The number of hydrogen-bond donors (Lipinski definition) is 2. The molecule has 0 aliphatic carbocycles. The lowest BCUT2D eigenvalue weighted by molar-refractivity contribution is -0.156. The summed E-state index contributed by atoms with van der Waals surface area (Å²) in [5.41, 5.74) is 1.31. The summed E-state index contributed by atoms with van der Waals surface area (Å²) >= 11 is 3.14. The van der Waals surface area contributed by atoms with Crippen LogP contribution in [0.1, 0.15) is 36.7 Å². The number of carbonyl (C=O) groups excluding carboxylic acids is 3. The van der Waals surface area contributed by atoms with Crippen LogP contribution in [0.25, 0.3) is 0 Å². The smallest absolute Gasteiger partial charge is 0.329 e. The largest absolute Gasteiger partial charge is 0.451 e. The summed E-state index contributed by atoms with van der Waals surface area (Å²) in [6, 6.07) is 10.2. The van der Waals surface area contributed by atoms with Crippen molar-refractivity contribution in [2.24, 2.45) is 5.92 Å². The summed E-state index contributed by atoms with van der Waals surface area (Å²) in [5, 5.41) is 5.04. The summed E-state index contributed by atoms with van der Waals surface area (Å²) < 4.78 is 19.7. The number of anilines is 1. The fourth-order valence-electron chi connectivity index (χ4n) is 2.63. The van der Waals surface area contributed by atoms with Gasteiger partial charge in [0.2, 0.25) is 0 Å². The Bertz CT molecular complexity index is 948. The van der Waals surface area contributed by atoms with E-state index in [0.29, 0.717) is 10.0 Å². The highest BCUT2D eigenvalue weighted by Gasteiger charge is 2.29. The van der Waals surface area contributed by atoms with E-state index in [1.807, 2.05) is 13.0 Å². The van der Waals surface area contributed by atoms with Crippen LogP contribution in [0.15, 0.2) is 46.9 Å². The van der Waals surface area contributed by atoms with Gasteiger partial charge in [-0.3, -0.25) is 9.59 Å². The van der Waals surface area contributed by atoms with Crippen LogP contribution in [0, 0.1) is 18.7 Å². The van der Waals surface area contributed by atoms with E-state index in [4.69, 9.17) is 4.74 Å². The Morgan fingerprint density at radius 1 is 1.07 bits per heavy atom. The molecule has 30 heavy (non-hydrogen) atoms. The molecule has 1 unspecified atom stereocenters. The van der Waals surface area contributed by atoms with Crippen molar-refractivity contribution < 1.29 is 23.5 Å². The minimum atomic E-state index is -1.18. The topological polar surface area (TPSA) is 84.5 Å². The minimum Gasteiger partial charge on any atom is -0.451 e. The molecule has 0 aliphatic rings. The third-order valence-electron chi connectivity index (χ3n) is 4.34. The zero-order valence-electron chi connectivity index (χ0n) is 17.2. The highest BCUT2D eigenvalue weighted by Crippen LogP contribution is 2.20. The maximum Gasteiger partial charge on any atom is 0.329 e. The maximum atomic E-state index is 13.9. The van der Waals surface area contributed by atoms with Crippen LogP contribution in [-0.2, 0) is 14.3 Å². The molecule has 0 heterocycles. The van der Waals surface area contributed by atoms with E-state index in [0.717, 1.165) is 5.56 Å². The molecule has 2 N–H and O–H groups in total. The Kier molecular flexibility index (Phi) is 8.11. The zero-order valence-corrected chi connectivity index (χ0v) is 18.7. The van der Waals surface area contributed by atoms with Gasteiger partial charge in [0.25, 0.3) is 11.8 Å². The highest BCUT2D eigenvalue weighted by atomic mass is 79.9. The third kappa shape index (κ3) is 6.38. The van der Waals surface area contributed by atoms with Gasteiger partial charge in [0.05, 0.1) is 5.69 Å². The van der Waals surface area contributed by atoms with Crippen molar-refractivity contribution in [1.29, 1.82) is 0 Å². The van der Waals surface area contributed by atoms with E-state index in [2.05, 4.69) is 26.6 Å². The molecule has 160 valence electrons. The molecule has 6 nitrogen and oxygen atoms in total. The molecule has 0 aromatic heterocycles. The lowest BCUT2D eigenvalue weighted by Crippen LogP contribution is -2.47. The van der Waals surface area contributed by atoms with E-state index >= 15 is 0 Å². The van der Waals surface area contributed by atoms with Crippen molar-refractivity contribution in [3.63, 3.8) is 0 Å². The van der Waals surface area contributed by atoms with E-state index in [1.54, 1.807) is 38.1 Å². The Balaban J connectivity index is 2.02. The van der Waals surface area contributed by atoms with Crippen LogP contribution in [0.3, 0.4) is 0 Å². The fourth-order valence-corrected chi connectivity index (χ4v) is 2.97. The molecule has 2 aromatic carbocycles. The Hall–Kier alpha value is -2.74. The minimum absolute atomic E-state index is 0.0285. The van der Waals surface area contributed by atoms with Gasteiger partial charge in [0.15, 0.2) is 6.10 Å². The van der Waals surface area contributed by atoms with Crippen LogP contribution in [0.5, 0.6) is 0 Å². The second-order valence-corrected chi connectivity index (χ2v) is 8.17. The molecule has 2 rings (SSSR count). The fraction of sp³-hybridized carbons (Fsp3) is 0.318. The Morgan fingerprint density at radius 2 is 1.77 bits per heavy atom. The summed E-state index contributed by atoms with van der Waals surface area (Å²) in [6.45, 7) is 6.75. The molecule has 0 spiro atoms. The molecule has 2 aromatic rings. The second kappa shape index (κ2) is 10.3. The molecule has 0 radical (unpaired) electrons. The molecule has 8 heteroatoms. The molecule has 2 atom stereocenters. The molecule has 0 saturated carbocycles. The number of nitrogens with one attached hydrogen (secondary N) is 2. The number of carbonyl (C=O) groups is 3. The Morgan fingerprint density at radius 3 is 2.37 bits per heavy atom. The predicted molar refractivity (Wildman–Crippen MR) is 116 cm³/mol. The standard InChI is InChI=1S/C22H24BrFN2O4/c1-12(2)19(26-21(28)15-7-5-6-13(3)10-15)22(29)30-14(4)20(27)25-18-9-8-16(23)11-17(18)24/h5-12,14,19H,1-4H3,(H,25,27)(H,26,28)/t14?,19-/m0/s1.